The van der Waals surface area contributed by atoms with E-state index in [1.54, 1.807) is 7.11 Å². The first-order chi connectivity index (χ1) is 9.69. The number of carbonyl (C=O) groups is 1. The molecule has 4 nitrogen and oxygen atoms in total. The van der Waals surface area contributed by atoms with Crippen LogP contribution in [0.5, 0.6) is 0 Å². The largest absolute Gasteiger partial charge is 0.383 e. The fourth-order valence-electron chi connectivity index (χ4n) is 2.15. The zero-order valence-corrected chi connectivity index (χ0v) is 12.3. The van der Waals surface area contributed by atoms with Gasteiger partial charge in [0.15, 0.2) is 0 Å². The van der Waals surface area contributed by atoms with Crippen molar-refractivity contribution in [1.82, 2.24) is 5.32 Å². The molecule has 1 aliphatic carbocycles. The van der Waals surface area contributed by atoms with E-state index in [-0.39, 0.29) is 11.8 Å². The lowest BCUT2D eigenvalue weighted by Gasteiger charge is -2.14. The summed E-state index contributed by atoms with van der Waals surface area (Å²) in [5, 5.41) is 6.36. The molecule has 1 aromatic carbocycles. The summed E-state index contributed by atoms with van der Waals surface area (Å²) < 4.78 is 5.02. The minimum atomic E-state index is 0.160. The van der Waals surface area contributed by atoms with Gasteiger partial charge in [0, 0.05) is 31.3 Å². The Morgan fingerprint density at radius 3 is 2.65 bits per heavy atom. The van der Waals surface area contributed by atoms with Crippen molar-refractivity contribution >= 4 is 11.6 Å². The molecule has 1 unspecified atom stereocenters. The normalized spacial score (nSPS) is 15.9. The first kappa shape index (κ1) is 15.0. The molecule has 2 N–H and O–H groups in total. The quantitative estimate of drug-likeness (QED) is 0.716. The van der Waals surface area contributed by atoms with E-state index in [1.807, 2.05) is 12.1 Å². The van der Waals surface area contributed by atoms with Crippen LogP contribution in [0, 0.1) is 5.92 Å². The fourth-order valence-corrected chi connectivity index (χ4v) is 2.15. The average molecular weight is 276 g/mol. The number of hydrogen-bond donors (Lipinski definition) is 2. The highest BCUT2D eigenvalue weighted by molar-refractivity contribution is 5.93. The topological polar surface area (TPSA) is 50.4 Å². The molecule has 0 aliphatic heterocycles. The van der Waals surface area contributed by atoms with Crippen LogP contribution in [0.4, 0.5) is 5.69 Å². The van der Waals surface area contributed by atoms with Gasteiger partial charge in [-0.15, -0.1) is 0 Å². The predicted molar refractivity (Wildman–Crippen MR) is 80.8 cm³/mol. The van der Waals surface area contributed by atoms with E-state index in [9.17, 15) is 4.79 Å². The molecule has 1 atom stereocenters. The van der Waals surface area contributed by atoms with Crippen molar-refractivity contribution in [1.29, 1.82) is 0 Å². The van der Waals surface area contributed by atoms with Gasteiger partial charge in [-0.1, -0.05) is 12.1 Å². The van der Waals surface area contributed by atoms with E-state index in [0.717, 1.165) is 38.1 Å². The van der Waals surface area contributed by atoms with E-state index in [0.29, 0.717) is 6.04 Å². The number of nitrogens with one attached hydrogen (secondary N) is 2. The third-order valence-electron chi connectivity index (χ3n) is 3.51. The first-order valence-corrected chi connectivity index (χ1v) is 7.31. The average Bonchev–Trinajstić information content (AvgIpc) is 3.26. The summed E-state index contributed by atoms with van der Waals surface area (Å²) in [6, 6.07) is 8.54. The molecule has 0 spiro atoms. The summed E-state index contributed by atoms with van der Waals surface area (Å²) in [5.74, 6) is 0.409. The van der Waals surface area contributed by atoms with Crippen molar-refractivity contribution in [2.24, 2.45) is 5.92 Å². The Hall–Kier alpha value is -1.39. The van der Waals surface area contributed by atoms with Gasteiger partial charge in [0.1, 0.15) is 0 Å². The van der Waals surface area contributed by atoms with Crippen LogP contribution in [-0.4, -0.2) is 32.2 Å². The summed E-state index contributed by atoms with van der Waals surface area (Å²) >= 11 is 0. The van der Waals surface area contributed by atoms with Crippen LogP contribution in [0.2, 0.25) is 0 Å². The van der Waals surface area contributed by atoms with Gasteiger partial charge in [0.05, 0.1) is 6.61 Å². The zero-order valence-electron chi connectivity index (χ0n) is 12.3. The molecule has 0 saturated heterocycles. The van der Waals surface area contributed by atoms with Crippen LogP contribution in [0.15, 0.2) is 24.3 Å². The van der Waals surface area contributed by atoms with Crippen LogP contribution >= 0.6 is 0 Å². The van der Waals surface area contributed by atoms with Crippen LogP contribution < -0.4 is 10.6 Å². The molecule has 0 heterocycles. The number of anilines is 1. The van der Waals surface area contributed by atoms with Gasteiger partial charge in [0.25, 0.3) is 0 Å². The van der Waals surface area contributed by atoms with E-state index in [1.165, 1.54) is 5.56 Å². The molecule has 0 aromatic heterocycles. The molecule has 2 rings (SSSR count). The lowest BCUT2D eigenvalue weighted by molar-refractivity contribution is -0.117. The lowest BCUT2D eigenvalue weighted by atomic mass is 10.1. The van der Waals surface area contributed by atoms with Gasteiger partial charge in [-0.2, -0.15) is 0 Å². The third-order valence-corrected chi connectivity index (χ3v) is 3.51. The Morgan fingerprint density at radius 1 is 1.35 bits per heavy atom. The predicted octanol–water partition coefficient (Wildman–Crippen LogP) is 2.20. The highest BCUT2D eigenvalue weighted by Crippen LogP contribution is 2.30. The number of carbonyl (C=O) groups excluding carboxylic acids is 1. The maximum absolute atomic E-state index is 11.7. The molecule has 0 radical (unpaired) electrons. The molecular formula is C16H24N2O2. The van der Waals surface area contributed by atoms with Crippen LogP contribution in [0.3, 0.4) is 0 Å². The number of benzene rings is 1. The second kappa shape index (κ2) is 7.41. The lowest BCUT2D eigenvalue weighted by Crippen LogP contribution is -2.30. The third kappa shape index (κ3) is 4.94. The second-order valence-electron chi connectivity index (χ2n) is 5.51. The molecule has 20 heavy (non-hydrogen) atoms. The number of rotatable bonds is 8. The minimum absolute atomic E-state index is 0.160. The Kier molecular flexibility index (Phi) is 5.56. The maximum Gasteiger partial charge on any atom is 0.227 e. The fraction of sp³-hybridized carbons (Fsp3) is 0.562. The highest BCUT2D eigenvalue weighted by Gasteiger charge is 2.29. The molecule has 110 valence electrons. The van der Waals surface area contributed by atoms with Crippen molar-refractivity contribution in [2.45, 2.75) is 32.2 Å². The molecule has 1 aromatic rings. The SMILES string of the molecule is COCCNC(C)Cc1ccc(NC(=O)C2CC2)cc1. The standard InChI is InChI=1S/C16H24N2O2/c1-12(17-9-10-20-2)11-13-3-7-15(8-4-13)18-16(19)14-5-6-14/h3-4,7-8,12,14,17H,5-6,9-11H2,1-2H3,(H,18,19). The van der Waals surface area contributed by atoms with Crippen molar-refractivity contribution in [2.75, 3.05) is 25.6 Å². The number of ether oxygens (including phenoxy) is 1. The molecule has 4 heteroatoms. The Bertz CT molecular complexity index is 427. The van der Waals surface area contributed by atoms with Crippen molar-refractivity contribution in [3.8, 4) is 0 Å². The van der Waals surface area contributed by atoms with E-state index in [4.69, 9.17) is 4.74 Å². The number of methoxy groups -OCH3 is 1. The molecule has 1 aliphatic rings. The summed E-state index contributed by atoms with van der Waals surface area (Å²) in [4.78, 5) is 11.7. The summed E-state index contributed by atoms with van der Waals surface area (Å²) in [6.45, 7) is 3.77. The molecule has 0 bridgehead atoms. The van der Waals surface area contributed by atoms with Gasteiger partial charge in [-0.05, 0) is 43.9 Å². The Labute approximate surface area is 120 Å². The van der Waals surface area contributed by atoms with Crippen molar-refractivity contribution in [3.63, 3.8) is 0 Å². The summed E-state index contributed by atoms with van der Waals surface area (Å²) in [7, 11) is 1.71. The zero-order chi connectivity index (χ0) is 14.4. The van der Waals surface area contributed by atoms with E-state index >= 15 is 0 Å². The number of hydrogen-bond acceptors (Lipinski definition) is 3. The first-order valence-electron chi connectivity index (χ1n) is 7.31. The second-order valence-corrected chi connectivity index (χ2v) is 5.51. The Morgan fingerprint density at radius 2 is 2.05 bits per heavy atom. The Balaban J connectivity index is 1.76. The smallest absolute Gasteiger partial charge is 0.227 e. The van der Waals surface area contributed by atoms with Crippen molar-refractivity contribution < 1.29 is 9.53 Å². The van der Waals surface area contributed by atoms with Crippen LogP contribution in [-0.2, 0) is 16.0 Å². The van der Waals surface area contributed by atoms with Crippen molar-refractivity contribution in [3.05, 3.63) is 29.8 Å². The molecule has 1 fully saturated rings. The van der Waals surface area contributed by atoms with Crippen LogP contribution in [0.1, 0.15) is 25.3 Å². The summed E-state index contributed by atoms with van der Waals surface area (Å²) in [5.41, 5.74) is 2.16. The van der Waals surface area contributed by atoms with Gasteiger partial charge >= 0.3 is 0 Å². The van der Waals surface area contributed by atoms with E-state index < -0.39 is 0 Å². The summed E-state index contributed by atoms with van der Waals surface area (Å²) in [6.07, 6.45) is 3.05. The van der Waals surface area contributed by atoms with Crippen LogP contribution in [0.25, 0.3) is 0 Å². The molecule has 1 amide bonds. The monoisotopic (exact) mass is 276 g/mol. The van der Waals surface area contributed by atoms with E-state index in [2.05, 4.69) is 29.7 Å². The number of amides is 1. The molecule has 1 saturated carbocycles. The maximum atomic E-state index is 11.7. The minimum Gasteiger partial charge on any atom is -0.383 e. The van der Waals surface area contributed by atoms with Gasteiger partial charge in [0.2, 0.25) is 5.91 Å². The van der Waals surface area contributed by atoms with Gasteiger partial charge < -0.3 is 15.4 Å². The molecular weight excluding hydrogens is 252 g/mol. The van der Waals surface area contributed by atoms with Gasteiger partial charge in [-0.25, -0.2) is 0 Å². The van der Waals surface area contributed by atoms with Gasteiger partial charge in [-0.3, -0.25) is 4.79 Å². The highest BCUT2D eigenvalue weighted by atomic mass is 16.5.